The van der Waals surface area contributed by atoms with E-state index in [1.807, 2.05) is 0 Å². The highest BCUT2D eigenvalue weighted by Crippen LogP contribution is 1.77. The van der Waals surface area contributed by atoms with Gasteiger partial charge in [-0.3, -0.25) is 9.25 Å². The second kappa shape index (κ2) is 1.84. The molecule has 1 N–H and O–H groups in total. The monoisotopic (exact) mass is 145 g/mol. The number of aryl methyl sites for hydroxylation is 1. The molecule has 5 heteroatoms. The Morgan fingerprint density at radius 2 is 2.11 bits per heavy atom. The molecular weight excluding hydrogens is 138 g/mol. The molecule has 0 amide bonds. The topological polar surface area (TPSA) is 42.7 Å². The van der Waals surface area contributed by atoms with Gasteiger partial charge in [-0.15, -0.1) is 0 Å². The van der Waals surface area contributed by atoms with E-state index in [0.29, 0.717) is 4.77 Å². The van der Waals surface area contributed by atoms with Crippen LogP contribution in [0.3, 0.4) is 0 Å². The summed E-state index contributed by atoms with van der Waals surface area (Å²) in [6, 6.07) is 0. The van der Waals surface area contributed by atoms with Crippen molar-refractivity contribution in [3.8, 4) is 0 Å². The van der Waals surface area contributed by atoms with E-state index in [0.717, 1.165) is 0 Å². The van der Waals surface area contributed by atoms with Crippen molar-refractivity contribution in [2.45, 2.75) is 0 Å². The lowest BCUT2D eigenvalue weighted by Gasteiger charge is -1.83. The van der Waals surface area contributed by atoms with Crippen LogP contribution in [0.25, 0.3) is 0 Å². The molecule has 0 aliphatic heterocycles. The Morgan fingerprint density at radius 1 is 1.56 bits per heavy atom. The number of nitrogens with zero attached hydrogens (tertiary/aromatic N) is 2. The van der Waals surface area contributed by atoms with Crippen molar-refractivity contribution in [1.29, 1.82) is 0 Å². The molecule has 0 aliphatic rings. The maximum Gasteiger partial charge on any atom is 0.342 e. The lowest BCUT2D eigenvalue weighted by atomic mass is 11.0. The largest absolute Gasteiger partial charge is 0.342 e. The van der Waals surface area contributed by atoms with Gasteiger partial charge < -0.3 is 0 Å². The molecule has 0 aliphatic carbocycles. The van der Waals surface area contributed by atoms with Crippen molar-refractivity contribution in [3.63, 3.8) is 0 Å². The van der Waals surface area contributed by atoms with Crippen molar-refractivity contribution < 1.29 is 0 Å². The van der Waals surface area contributed by atoms with E-state index in [9.17, 15) is 4.79 Å². The minimum Gasteiger partial charge on any atom is -0.271 e. The van der Waals surface area contributed by atoms with Crippen molar-refractivity contribution in [1.82, 2.24) is 14.3 Å². The summed E-state index contributed by atoms with van der Waals surface area (Å²) in [5, 5.41) is 2.50. The maximum atomic E-state index is 10.7. The molecule has 1 aromatic rings. The molecule has 1 rings (SSSR count). The van der Waals surface area contributed by atoms with Gasteiger partial charge in [0.05, 0.1) is 0 Å². The quantitative estimate of drug-likeness (QED) is 0.513. The molecule has 1 heterocycles. The Hall–Kier alpha value is -0.840. The van der Waals surface area contributed by atoms with E-state index in [2.05, 4.69) is 5.10 Å². The summed E-state index contributed by atoms with van der Waals surface area (Å²) < 4.78 is 3.37. The van der Waals surface area contributed by atoms with Crippen LogP contribution in [0, 0.1) is 4.77 Å². The molecule has 50 valence electrons. The van der Waals surface area contributed by atoms with Gasteiger partial charge >= 0.3 is 5.69 Å². The zero-order valence-corrected chi connectivity index (χ0v) is 6.03. The first-order chi connectivity index (χ1) is 4.13. The maximum absolute atomic E-state index is 10.7. The van der Waals surface area contributed by atoms with Crippen LogP contribution in [0.1, 0.15) is 0 Å². The van der Waals surface area contributed by atoms with E-state index >= 15 is 0 Å². The Balaban J connectivity index is 3.68. The first-order valence-corrected chi connectivity index (χ1v) is 2.86. The molecule has 4 nitrogen and oxygen atoms in total. The van der Waals surface area contributed by atoms with Crippen molar-refractivity contribution in [2.75, 3.05) is 0 Å². The van der Waals surface area contributed by atoms with Crippen LogP contribution in [0.15, 0.2) is 4.79 Å². The standard InChI is InChI=1S/C4H7N3OS/c1-6-3(8)5-7(2)4(6)9/h1-2H3,(H,5,8). The molecule has 0 saturated carbocycles. The minimum absolute atomic E-state index is 0.178. The van der Waals surface area contributed by atoms with Gasteiger partial charge in [0.25, 0.3) is 0 Å². The van der Waals surface area contributed by atoms with E-state index in [1.165, 1.54) is 9.25 Å². The highest BCUT2D eigenvalue weighted by molar-refractivity contribution is 7.71. The lowest BCUT2D eigenvalue weighted by Crippen LogP contribution is -2.12. The number of hydrogen-bond acceptors (Lipinski definition) is 2. The fourth-order valence-electron chi connectivity index (χ4n) is 0.578. The van der Waals surface area contributed by atoms with Gasteiger partial charge in [-0.1, -0.05) is 0 Å². The molecule has 9 heavy (non-hydrogen) atoms. The third-order valence-corrected chi connectivity index (χ3v) is 1.69. The summed E-state index contributed by atoms with van der Waals surface area (Å²) in [4.78, 5) is 10.7. The predicted octanol–water partition coefficient (Wildman–Crippen LogP) is -0.219. The summed E-state index contributed by atoms with van der Waals surface area (Å²) in [6.45, 7) is 0. The normalized spacial score (nSPS) is 10.0. The third-order valence-electron chi connectivity index (χ3n) is 1.14. The summed E-state index contributed by atoms with van der Waals surface area (Å²) in [5.41, 5.74) is -0.178. The van der Waals surface area contributed by atoms with Crippen molar-refractivity contribution in [3.05, 3.63) is 15.3 Å². The minimum atomic E-state index is -0.178. The van der Waals surface area contributed by atoms with Gasteiger partial charge in [0.1, 0.15) is 0 Å². The van der Waals surface area contributed by atoms with Crippen LogP contribution in [-0.4, -0.2) is 14.3 Å². The number of aromatic nitrogens is 3. The Bertz CT molecular complexity index is 317. The third kappa shape index (κ3) is 0.829. The zero-order valence-electron chi connectivity index (χ0n) is 5.21. The highest BCUT2D eigenvalue weighted by atomic mass is 32.1. The summed E-state index contributed by atoms with van der Waals surface area (Å²) in [6.07, 6.45) is 0. The van der Waals surface area contributed by atoms with E-state index in [1.54, 1.807) is 14.1 Å². The first-order valence-electron chi connectivity index (χ1n) is 2.45. The summed E-state index contributed by atoms with van der Waals surface area (Å²) >= 11 is 4.81. The van der Waals surface area contributed by atoms with Gasteiger partial charge in [0.15, 0.2) is 4.77 Å². The zero-order chi connectivity index (χ0) is 7.02. The molecule has 0 bridgehead atoms. The molecule has 0 aromatic carbocycles. The highest BCUT2D eigenvalue weighted by Gasteiger charge is 1.93. The summed E-state index contributed by atoms with van der Waals surface area (Å²) in [5.74, 6) is 0. The van der Waals surface area contributed by atoms with Gasteiger partial charge in [-0.2, -0.15) is 0 Å². The van der Waals surface area contributed by atoms with Crippen LogP contribution in [0.4, 0.5) is 0 Å². The second-order valence-electron chi connectivity index (χ2n) is 1.82. The van der Waals surface area contributed by atoms with Crippen LogP contribution in [0.2, 0.25) is 0 Å². The second-order valence-corrected chi connectivity index (χ2v) is 2.18. The van der Waals surface area contributed by atoms with Crippen LogP contribution >= 0.6 is 12.2 Å². The van der Waals surface area contributed by atoms with E-state index in [-0.39, 0.29) is 5.69 Å². The van der Waals surface area contributed by atoms with Crippen LogP contribution < -0.4 is 5.69 Å². The van der Waals surface area contributed by atoms with Gasteiger partial charge in [0, 0.05) is 14.1 Å². The van der Waals surface area contributed by atoms with Crippen molar-refractivity contribution >= 4 is 12.2 Å². The number of rotatable bonds is 0. The SMILES string of the molecule is Cn1[nH]c(=O)n(C)c1=S. The molecule has 0 atom stereocenters. The Morgan fingerprint density at radius 3 is 2.22 bits per heavy atom. The number of aromatic amines is 1. The van der Waals surface area contributed by atoms with E-state index < -0.39 is 0 Å². The van der Waals surface area contributed by atoms with Crippen molar-refractivity contribution in [2.24, 2.45) is 14.1 Å². The Labute approximate surface area is 56.7 Å². The predicted molar refractivity (Wildman–Crippen MR) is 35.8 cm³/mol. The average Bonchev–Trinajstić information content (AvgIpc) is 1.98. The van der Waals surface area contributed by atoms with Gasteiger partial charge in [0.2, 0.25) is 0 Å². The first kappa shape index (κ1) is 6.28. The lowest BCUT2D eigenvalue weighted by molar-refractivity contribution is 0.739. The fraction of sp³-hybridized carbons (Fsp3) is 0.500. The number of hydrogen-bond donors (Lipinski definition) is 1. The molecule has 0 spiro atoms. The van der Waals surface area contributed by atoms with Crippen LogP contribution in [-0.2, 0) is 14.1 Å². The average molecular weight is 145 g/mol. The summed E-state index contributed by atoms with van der Waals surface area (Å²) in [7, 11) is 3.32. The molecule has 0 radical (unpaired) electrons. The number of nitrogens with one attached hydrogen (secondary N) is 1. The molecule has 1 aromatic heterocycles. The molecule has 0 fully saturated rings. The smallest absolute Gasteiger partial charge is 0.271 e. The molecular formula is C4H7N3OS. The van der Waals surface area contributed by atoms with Crippen LogP contribution in [0.5, 0.6) is 0 Å². The van der Waals surface area contributed by atoms with E-state index in [4.69, 9.17) is 12.2 Å². The Kier molecular flexibility index (Phi) is 1.28. The number of H-pyrrole nitrogens is 1. The van der Waals surface area contributed by atoms with Gasteiger partial charge in [-0.25, -0.2) is 9.89 Å². The molecule has 0 saturated heterocycles. The molecule has 0 unspecified atom stereocenters. The van der Waals surface area contributed by atoms with Gasteiger partial charge in [-0.05, 0) is 12.2 Å². The fourth-order valence-corrected chi connectivity index (χ4v) is 0.707.